The maximum atomic E-state index is 12.5. The van der Waals surface area contributed by atoms with Crippen LogP contribution in [-0.2, 0) is 6.42 Å². The Kier molecular flexibility index (Phi) is 3.88. The number of methoxy groups -OCH3 is 1. The first kappa shape index (κ1) is 16.8. The second-order valence-electron chi connectivity index (χ2n) is 6.17. The van der Waals surface area contributed by atoms with Crippen molar-refractivity contribution in [3.63, 3.8) is 0 Å². The lowest BCUT2D eigenvalue weighted by atomic mass is 10.1. The van der Waals surface area contributed by atoms with Crippen molar-refractivity contribution >= 4 is 28.4 Å². The minimum Gasteiger partial charge on any atom is -0.495 e. The monoisotopic (exact) mass is 365 g/mol. The number of non-ortho nitro benzene ring substituents is 1. The predicted octanol–water partition coefficient (Wildman–Crippen LogP) is 2.92. The van der Waals surface area contributed by atoms with Gasteiger partial charge >= 0.3 is 0 Å². The van der Waals surface area contributed by atoms with E-state index in [1.165, 1.54) is 24.1 Å². The molecule has 0 fully saturated rings. The fourth-order valence-electron chi connectivity index (χ4n) is 3.47. The summed E-state index contributed by atoms with van der Waals surface area (Å²) in [7, 11) is 1.49. The number of carbonyl (C=O) groups excluding carboxylic acids is 2. The van der Waals surface area contributed by atoms with Crippen LogP contribution in [0.4, 0.5) is 5.69 Å². The molecule has 1 aliphatic heterocycles. The topological polar surface area (TPSA) is 106 Å². The number of nitrogens with one attached hydrogen (secondary N) is 1. The lowest BCUT2D eigenvalue weighted by molar-refractivity contribution is -0.383. The highest BCUT2D eigenvalue weighted by Crippen LogP contribution is 2.35. The molecule has 1 aromatic heterocycles. The normalized spacial score (nSPS) is 13.3. The zero-order chi connectivity index (χ0) is 19.1. The molecule has 0 radical (unpaired) electrons. The van der Waals surface area contributed by atoms with Gasteiger partial charge in [0.15, 0.2) is 0 Å². The van der Waals surface area contributed by atoms with Crippen LogP contribution in [0, 0.1) is 10.1 Å². The number of aromatic nitrogens is 1. The summed E-state index contributed by atoms with van der Waals surface area (Å²) in [5.74, 6) is -0.201. The average Bonchev–Trinajstić information content (AvgIpc) is 3.20. The number of benzene rings is 2. The van der Waals surface area contributed by atoms with Crippen molar-refractivity contribution in [3.8, 4) is 5.75 Å². The molecule has 0 bridgehead atoms. The second kappa shape index (κ2) is 6.24. The Morgan fingerprint density at radius 1 is 1.11 bits per heavy atom. The van der Waals surface area contributed by atoms with E-state index in [0.29, 0.717) is 39.8 Å². The third-order valence-electron chi connectivity index (χ3n) is 4.76. The minimum absolute atomic E-state index is 0.0515. The molecular formula is C19H15N3O5. The smallest absolute Gasteiger partial charge is 0.279 e. The number of rotatable bonds is 5. The zero-order valence-electron chi connectivity index (χ0n) is 14.4. The Hall–Kier alpha value is -3.68. The molecule has 0 saturated carbocycles. The summed E-state index contributed by atoms with van der Waals surface area (Å²) in [4.78, 5) is 40.1. The van der Waals surface area contributed by atoms with E-state index in [4.69, 9.17) is 4.74 Å². The molecule has 27 heavy (non-hydrogen) atoms. The summed E-state index contributed by atoms with van der Waals surface area (Å²) in [6, 6.07) is 9.59. The average molecular weight is 365 g/mol. The van der Waals surface area contributed by atoms with E-state index in [-0.39, 0.29) is 24.0 Å². The van der Waals surface area contributed by atoms with Crippen molar-refractivity contribution in [2.75, 3.05) is 13.7 Å². The lowest BCUT2D eigenvalue weighted by Gasteiger charge is -2.13. The van der Waals surface area contributed by atoms with Gasteiger partial charge in [0.1, 0.15) is 5.75 Å². The molecular weight excluding hydrogens is 350 g/mol. The highest BCUT2D eigenvalue weighted by atomic mass is 16.6. The SMILES string of the molecule is COc1ccc([N+](=O)[O-])c2c(CCN3C(=O)c4ccccc4C3=O)c[nH]c12. The maximum absolute atomic E-state index is 12.5. The number of hydrogen-bond acceptors (Lipinski definition) is 5. The molecule has 0 unspecified atom stereocenters. The van der Waals surface area contributed by atoms with Gasteiger partial charge in [-0.25, -0.2) is 0 Å². The molecule has 4 rings (SSSR count). The van der Waals surface area contributed by atoms with Gasteiger partial charge in [0.2, 0.25) is 0 Å². The van der Waals surface area contributed by atoms with Gasteiger partial charge in [-0.1, -0.05) is 12.1 Å². The van der Waals surface area contributed by atoms with Crippen molar-refractivity contribution in [2.45, 2.75) is 6.42 Å². The Labute approximate surface area is 153 Å². The van der Waals surface area contributed by atoms with Gasteiger partial charge in [-0.15, -0.1) is 0 Å². The molecule has 8 nitrogen and oxygen atoms in total. The molecule has 0 spiro atoms. The molecule has 0 saturated heterocycles. The van der Waals surface area contributed by atoms with Crippen LogP contribution in [0.1, 0.15) is 26.3 Å². The molecule has 1 N–H and O–H groups in total. The summed E-state index contributed by atoms with van der Waals surface area (Å²) >= 11 is 0. The van der Waals surface area contributed by atoms with Gasteiger partial charge in [-0.3, -0.25) is 24.6 Å². The summed E-state index contributed by atoms with van der Waals surface area (Å²) in [5, 5.41) is 11.8. The minimum atomic E-state index is -0.457. The molecule has 0 atom stereocenters. The lowest BCUT2D eigenvalue weighted by Crippen LogP contribution is -2.31. The first-order chi connectivity index (χ1) is 13.0. The van der Waals surface area contributed by atoms with Crippen LogP contribution in [0.25, 0.3) is 10.9 Å². The number of nitro benzene ring substituents is 1. The number of H-pyrrole nitrogens is 1. The third kappa shape index (κ3) is 2.53. The van der Waals surface area contributed by atoms with E-state index in [9.17, 15) is 19.7 Å². The molecule has 2 heterocycles. The third-order valence-corrected chi connectivity index (χ3v) is 4.76. The molecule has 2 amide bonds. The van der Waals surface area contributed by atoms with Crippen molar-refractivity contribution in [1.29, 1.82) is 0 Å². The molecule has 2 aromatic carbocycles. The van der Waals surface area contributed by atoms with Gasteiger partial charge in [0.25, 0.3) is 17.5 Å². The summed E-state index contributed by atoms with van der Waals surface area (Å²) < 4.78 is 5.26. The van der Waals surface area contributed by atoms with Gasteiger partial charge in [0, 0.05) is 18.8 Å². The Morgan fingerprint density at radius 3 is 2.37 bits per heavy atom. The van der Waals surface area contributed by atoms with Crippen molar-refractivity contribution < 1.29 is 19.2 Å². The summed E-state index contributed by atoms with van der Waals surface area (Å²) in [6.45, 7) is 0.133. The van der Waals surface area contributed by atoms with Crippen LogP contribution in [0.5, 0.6) is 5.75 Å². The van der Waals surface area contributed by atoms with E-state index < -0.39 is 4.92 Å². The highest BCUT2D eigenvalue weighted by molar-refractivity contribution is 6.21. The highest BCUT2D eigenvalue weighted by Gasteiger charge is 2.35. The van der Waals surface area contributed by atoms with Crippen LogP contribution in [0.15, 0.2) is 42.6 Å². The van der Waals surface area contributed by atoms with Crippen LogP contribution >= 0.6 is 0 Å². The van der Waals surface area contributed by atoms with E-state index in [1.54, 1.807) is 30.5 Å². The Balaban J connectivity index is 1.67. The molecule has 1 aliphatic rings. The quantitative estimate of drug-likeness (QED) is 0.425. The van der Waals surface area contributed by atoms with Crippen LogP contribution in [0.3, 0.4) is 0 Å². The van der Waals surface area contributed by atoms with Gasteiger partial charge in [0.05, 0.1) is 34.1 Å². The maximum Gasteiger partial charge on any atom is 0.279 e. The van der Waals surface area contributed by atoms with Crippen LogP contribution in [-0.4, -0.2) is 40.3 Å². The van der Waals surface area contributed by atoms with Crippen LogP contribution in [0.2, 0.25) is 0 Å². The fraction of sp³-hybridized carbons (Fsp3) is 0.158. The van der Waals surface area contributed by atoms with Crippen molar-refractivity contribution in [3.05, 3.63) is 69.4 Å². The Morgan fingerprint density at radius 2 is 1.78 bits per heavy atom. The summed E-state index contributed by atoms with van der Waals surface area (Å²) in [6.07, 6.45) is 1.94. The number of amides is 2. The van der Waals surface area contributed by atoms with Gasteiger partial charge in [-0.05, 0) is 30.2 Å². The van der Waals surface area contributed by atoms with Gasteiger partial charge in [-0.2, -0.15) is 0 Å². The number of nitrogens with zero attached hydrogens (tertiary/aromatic N) is 2. The van der Waals surface area contributed by atoms with Crippen molar-refractivity contribution in [1.82, 2.24) is 9.88 Å². The second-order valence-corrected chi connectivity index (χ2v) is 6.17. The van der Waals surface area contributed by atoms with E-state index in [1.807, 2.05) is 0 Å². The number of hydrogen-bond donors (Lipinski definition) is 1. The van der Waals surface area contributed by atoms with Gasteiger partial charge < -0.3 is 9.72 Å². The van der Waals surface area contributed by atoms with E-state index in [2.05, 4.69) is 4.98 Å². The van der Waals surface area contributed by atoms with E-state index >= 15 is 0 Å². The first-order valence-corrected chi connectivity index (χ1v) is 8.29. The molecule has 136 valence electrons. The fourth-order valence-corrected chi connectivity index (χ4v) is 3.47. The number of nitro groups is 1. The standard InChI is InChI=1S/C19H15N3O5/c1-27-15-7-6-14(22(25)26)16-11(10-20-17(15)16)8-9-21-18(23)12-4-2-3-5-13(12)19(21)24/h2-7,10,20H,8-9H2,1H3. The van der Waals surface area contributed by atoms with Crippen molar-refractivity contribution in [2.24, 2.45) is 0 Å². The largest absolute Gasteiger partial charge is 0.495 e. The number of carbonyl (C=O) groups is 2. The molecule has 3 aromatic rings. The predicted molar refractivity (Wildman–Crippen MR) is 97.0 cm³/mol. The first-order valence-electron chi connectivity index (χ1n) is 8.29. The molecule has 8 heteroatoms. The number of fused-ring (bicyclic) bond motifs is 2. The zero-order valence-corrected chi connectivity index (χ0v) is 14.4. The molecule has 0 aliphatic carbocycles. The van der Waals surface area contributed by atoms with Crippen LogP contribution < -0.4 is 4.74 Å². The summed E-state index contributed by atoms with van der Waals surface area (Å²) in [5.41, 5.74) is 1.88. The number of aromatic amines is 1. The Bertz CT molecular complexity index is 1070. The number of imide groups is 1. The van der Waals surface area contributed by atoms with E-state index in [0.717, 1.165) is 0 Å². The number of ether oxygens (including phenoxy) is 1.